The minimum absolute atomic E-state index is 0.0685. The number of piperazine rings is 1. The standard InChI is InChI=1S/C33H38Cl2N6O4/c1-3-23(2)41-32(42)40(22-37-41)27-7-5-25(6-8-27)38-14-16-39(17-15-38)26-9-11-28(12-10-26)43-19-29-20-44-33(21-36,45-29)30-13-4-24(34)18-31(30)35/h4-13,18,22-23,29H,3,14-17,19-21,36H2,1-2H3/t23-,29-,33-/m1/s1. The molecule has 2 aliphatic heterocycles. The third-order valence-electron chi connectivity index (χ3n) is 8.58. The summed E-state index contributed by atoms with van der Waals surface area (Å²) in [4.78, 5) is 17.5. The molecule has 0 saturated carbocycles. The van der Waals surface area contributed by atoms with Gasteiger partial charge in [0, 0.05) is 48.1 Å². The lowest BCUT2D eigenvalue weighted by Crippen LogP contribution is -2.46. The highest BCUT2D eigenvalue weighted by Gasteiger charge is 2.43. The van der Waals surface area contributed by atoms with Crippen LogP contribution < -0.4 is 26.0 Å². The SMILES string of the molecule is CC[C@@H](C)n1ncn(-c2ccc(N3CCN(c4ccc(OC[C@@H]5CO[C@@](CN)(c6ccc(Cl)cc6Cl)O5)cc4)CC3)cc2)c1=O. The van der Waals surface area contributed by atoms with E-state index in [4.69, 9.17) is 43.1 Å². The van der Waals surface area contributed by atoms with Crippen molar-refractivity contribution in [2.75, 3.05) is 55.7 Å². The highest BCUT2D eigenvalue weighted by atomic mass is 35.5. The molecule has 45 heavy (non-hydrogen) atoms. The van der Waals surface area contributed by atoms with Gasteiger partial charge in [0.2, 0.25) is 5.79 Å². The van der Waals surface area contributed by atoms with Gasteiger partial charge in [0.25, 0.3) is 0 Å². The molecule has 4 aromatic rings. The smallest absolute Gasteiger partial charge is 0.350 e. The molecule has 1 aromatic heterocycles. The van der Waals surface area contributed by atoms with E-state index in [1.165, 1.54) is 4.68 Å². The van der Waals surface area contributed by atoms with Gasteiger partial charge in [-0.05, 0) is 74.0 Å². The van der Waals surface area contributed by atoms with Crippen LogP contribution in [0.5, 0.6) is 5.75 Å². The van der Waals surface area contributed by atoms with Crippen LogP contribution in [0, 0.1) is 0 Å². The lowest BCUT2D eigenvalue weighted by Gasteiger charge is -2.37. The zero-order valence-corrected chi connectivity index (χ0v) is 27.0. The Balaban J connectivity index is 0.998. The topological polar surface area (TPSA) is 100 Å². The monoisotopic (exact) mass is 652 g/mol. The first-order valence-corrected chi connectivity index (χ1v) is 16.0. The second kappa shape index (κ2) is 13.4. The molecule has 3 heterocycles. The number of ether oxygens (including phenoxy) is 3. The third kappa shape index (κ3) is 6.57. The molecule has 0 spiro atoms. The fourth-order valence-corrected chi connectivity index (χ4v) is 6.31. The van der Waals surface area contributed by atoms with Gasteiger partial charge in [0.15, 0.2) is 0 Å². The zero-order chi connectivity index (χ0) is 31.6. The van der Waals surface area contributed by atoms with Crippen LogP contribution in [0.1, 0.15) is 31.9 Å². The normalized spacial score (nSPS) is 20.9. The molecule has 10 nitrogen and oxygen atoms in total. The van der Waals surface area contributed by atoms with Crippen molar-refractivity contribution in [1.82, 2.24) is 14.3 Å². The number of anilines is 2. The van der Waals surface area contributed by atoms with Crippen molar-refractivity contribution in [1.29, 1.82) is 0 Å². The number of hydrogen-bond donors (Lipinski definition) is 1. The number of rotatable bonds is 10. The van der Waals surface area contributed by atoms with E-state index < -0.39 is 5.79 Å². The van der Waals surface area contributed by atoms with E-state index in [-0.39, 0.29) is 24.4 Å². The number of nitrogens with zero attached hydrogens (tertiary/aromatic N) is 5. The van der Waals surface area contributed by atoms with Crippen molar-refractivity contribution in [3.8, 4) is 11.4 Å². The second-order valence-electron chi connectivity index (χ2n) is 11.4. The van der Waals surface area contributed by atoms with Gasteiger partial charge >= 0.3 is 5.69 Å². The lowest BCUT2D eigenvalue weighted by atomic mass is 10.1. The molecule has 0 amide bonds. The Hall–Kier alpha value is -3.54. The van der Waals surface area contributed by atoms with Crippen LogP contribution in [0.25, 0.3) is 5.69 Å². The van der Waals surface area contributed by atoms with Crippen molar-refractivity contribution in [2.45, 2.75) is 38.2 Å². The molecular weight excluding hydrogens is 615 g/mol. The molecule has 0 unspecified atom stereocenters. The Morgan fingerprint density at radius 3 is 2.20 bits per heavy atom. The molecule has 2 aliphatic rings. The molecular formula is C33H38Cl2N6O4. The first kappa shape index (κ1) is 31.4. The molecule has 3 atom stereocenters. The highest BCUT2D eigenvalue weighted by Crippen LogP contribution is 2.38. The number of nitrogens with two attached hydrogens (primary N) is 1. The lowest BCUT2D eigenvalue weighted by molar-refractivity contribution is -0.171. The summed E-state index contributed by atoms with van der Waals surface area (Å²) in [6.45, 7) is 8.39. The van der Waals surface area contributed by atoms with Gasteiger partial charge in [-0.2, -0.15) is 5.10 Å². The second-order valence-corrected chi connectivity index (χ2v) is 12.3. The summed E-state index contributed by atoms with van der Waals surface area (Å²) in [5.41, 5.74) is 9.69. The van der Waals surface area contributed by atoms with Crippen LogP contribution >= 0.6 is 23.2 Å². The molecule has 2 saturated heterocycles. The van der Waals surface area contributed by atoms with Gasteiger partial charge in [0.05, 0.1) is 29.9 Å². The summed E-state index contributed by atoms with van der Waals surface area (Å²) in [5, 5.41) is 5.27. The van der Waals surface area contributed by atoms with Crippen molar-refractivity contribution >= 4 is 34.6 Å². The van der Waals surface area contributed by atoms with Crippen LogP contribution in [0.15, 0.2) is 77.9 Å². The summed E-state index contributed by atoms with van der Waals surface area (Å²) < 4.78 is 21.4. The van der Waals surface area contributed by atoms with Gasteiger partial charge < -0.3 is 29.7 Å². The molecule has 12 heteroatoms. The van der Waals surface area contributed by atoms with E-state index in [9.17, 15) is 4.79 Å². The van der Waals surface area contributed by atoms with Crippen LogP contribution in [-0.4, -0.2) is 66.4 Å². The number of aromatic nitrogens is 3. The number of benzene rings is 3. The van der Waals surface area contributed by atoms with Crippen LogP contribution in [0.3, 0.4) is 0 Å². The average Bonchev–Trinajstić information content (AvgIpc) is 3.68. The average molecular weight is 654 g/mol. The van der Waals surface area contributed by atoms with E-state index in [1.807, 2.05) is 38.1 Å². The first-order valence-electron chi connectivity index (χ1n) is 15.3. The molecule has 3 aromatic carbocycles. The van der Waals surface area contributed by atoms with Crippen LogP contribution in [0.4, 0.5) is 11.4 Å². The maximum atomic E-state index is 12.8. The molecule has 0 radical (unpaired) electrons. The van der Waals surface area contributed by atoms with Crippen molar-refractivity contribution in [3.63, 3.8) is 0 Å². The molecule has 6 rings (SSSR count). The molecule has 2 N–H and O–H groups in total. The van der Waals surface area contributed by atoms with Crippen molar-refractivity contribution < 1.29 is 14.2 Å². The summed E-state index contributed by atoms with van der Waals surface area (Å²) in [5.74, 6) is -0.370. The van der Waals surface area contributed by atoms with Crippen LogP contribution in [-0.2, 0) is 15.3 Å². The fourth-order valence-electron chi connectivity index (χ4n) is 5.76. The van der Waals surface area contributed by atoms with Gasteiger partial charge in [-0.25, -0.2) is 14.0 Å². The van der Waals surface area contributed by atoms with E-state index in [1.54, 1.807) is 29.1 Å². The van der Waals surface area contributed by atoms with Crippen LogP contribution in [0.2, 0.25) is 10.0 Å². The Morgan fingerprint density at radius 2 is 1.60 bits per heavy atom. The van der Waals surface area contributed by atoms with E-state index >= 15 is 0 Å². The third-order valence-corrected chi connectivity index (χ3v) is 9.13. The fraction of sp³-hybridized carbons (Fsp3) is 0.394. The minimum Gasteiger partial charge on any atom is -0.491 e. The Morgan fingerprint density at radius 1 is 0.978 bits per heavy atom. The maximum Gasteiger partial charge on any atom is 0.350 e. The molecule has 238 valence electrons. The summed E-state index contributed by atoms with van der Waals surface area (Å²) in [7, 11) is 0. The quantitative estimate of drug-likeness (QED) is 0.248. The predicted molar refractivity (Wildman–Crippen MR) is 177 cm³/mol. The first-order chi connectivity index (χ1) is 21.8. The highest BCUT2D eigenvalue weighted by molar-refractivity contribution is 6.35. The Labute approximate surface area is 272 Å². The largest absolute Gasteiger partial charge is 0.491 e. The summed E-state index contributed by atoms with van der Waals surface area (Å²) >= 11 is 12.5. The predicted octanol–water partition coefficient (Wildman–Crippen LogP) is 5.24. The van der Waals surface area contributed by atoms with Gasteiger partial charge in [-0.1, -0.05) is 36.2 Å². The summed E-state index contributed by atoms with van der Waals surface area (Å²) in [6.07, 6.45) is 2.15. The van der Waals surface area contributed by atoms with Gasteiger partial charge in [-0.3, -0.25) is 0 Å². The van der Waals surface area contributed by atoms with E-state index in [2.05, 4.69) is 39.2 Å². The number of halogens is 2. The van der Waals surface area contributed by atoms with E-state index in [0.717, 1.165) is 55.4 Å². The van der Waals surface area contributed by atoms with E-state index in [0.29, 0.717) is 28.8 Å². The molecule has 2 fully saturated rings. The zero-order valence-electron chi connectivity index (χ0n) is 25.4. The molecule has 0 aliphatic carbocycles. The maximum absolute atomic E-state index is 12.8. The van der Waals surface area contributed by atoms with Gasteiger partial charge in [-0.15, -0.1) is 0 Å². The summed E-state index contributed by atoms with van der Waals surface area (Å²) in [6, 6.07) is 21.5. The number of hydrogen-bond acceptors (Lipinski definition) is 8. The Kier molecular flexibility index (Phi) is 9.39. The van der Waals surface area contributed by atoms with Crippen molar-refractivity contribution in [3.05, 3.63) is 99.2 Å². The molecule has 0 bridgehead atoms. The van der Waals surface area contributed by atoms with Gasteiger partial charge in [0.1, 0.15) is 24.8 Å². The van der Waals surface area contributed by atoms with Crippen molar-refractivity contribution in [2.24, 2.45) is 5.73 Å². The minimum atomic E-state index is -1.12. The Bertz CT molecular complexity index is 1650.